The molecule has 3 aromatic rings. The average molecular weight is 327 g/mol. The summed E-state index contributed by atoms with van der Waals surface area (Å²) in [7, 11) is 2.14. The fraction of sp³-hybridized carbons (Fsp3) is 0.389. The number of benzene rings is 1. The first-order valence-electron chi connectivity index (χ1n) is 8.08. The topological polar surface area (TPSA) is 41.2 Å². The van der Waals surface area contributed by atoms with E-state index in [-0.39, 0.29) is 6.10 Å². The number of H-pyrrole nitrogens is 1. The number of hydrogen-bond acceptors (Lipinski definition) is 4. The standard InChI is InChI=1S/C18H21N3OS/c1-21(10-13-4-5-14-6-7-19-16(14)9-13)11-15-12-23-18(20-15)17-3-2-8-22-17/h4-7,9,12,17,19H,2-3,8,10-11H2,1H3. The SMILES string of the molecule is CN(Cc1ccc2cc[nH]c2c1)Cc1csc(C2CCCO2)n1. The molecule has 0 amide bonds. The number of ether oxygens (including phenoxy) is 1. The summed E-state index contributed by atoms with van der Waals surface area (Å²) in [6, 6.07) is 8.70. The average Bonchev–Trinajstić information content (AvgIpc) is 3.27. The molecule has 4 rings (SSSR count). The highest BCUT2D eigenvalue weighted by Crippen LogP contribution is 2.30. The zero-order chi connectivity index (χ0) is 15.6. The van der Waals surface area contributed by atoms with E-state index >= 15 is 0 Å². The molecule has 4 nitrogen and oxygen atoms in total. The van der Waals surface area contributed by atoms with E-state index in [0.717, 1.165) is 43.2 Å². The van der Waals surface area contributed by atoms with Crippen molar-refractivity contribution in [1.82, 2.24) is 14.9 Å². The normalized spacial score (nSPS) is 18.3. The summed E-state index contributed by atoms with van der Waals surface area (Å²) >= 11 is 1.73. The Hall–Kier alpha value is -1.69. The molecular weight excluding hydrogens is 306 g/mol. The Balaban J connectivity index is 1.40. The molecule has 0 bridgehead atoms. The molecule has 1 fully saturated rings. The van der Waals surface area contributed by atoms with Gasteiger partial charge in [0.25, 0.3) is 0 Å². The first kappa shape index (κ1) is 14.9. The number of thiazole rings is 1. The molecule has 0 saturated carbocycles. The smallest absolute Gasteiger partial charge is 0.122 e. The van der Waals surface area contributed by atoms with Gasteiger partial charge in [0.2, 0.25) is 0 Å². The summed E-state index contributed by atoms with van der Waals surface area (Å²) in [5.74, 6) is 0. The van der Waals surface area contributed by atoms with Crippen LogP contribution in [0.4, 0.5) is 0 Å². The van der Waals surface area contributed by atoms with E-state index in [1.165, 1.54) is 16.5 Å². The van der Waals surface area contributed by atoms with E-state index in [1.807, 2.05) is 6.20 Å². The Kier molecular flexibility index (Phi) is 4.16. The van der Waals surface area contributed by atoms with Crippen LogP contribution in [-0.2, 0) is 17.8 Å². The molecule has 3 heterocycles. The summed E-state index contributed by atoms with van der Waals surface area (Å²) in [6.07, 6.45) is 4.48. The molecule has 1 aromatic carbocycles. The lowest BCUT2D eigenvalue weighted by Gasteiger charge is -2.15. The van der Waals surface area contributed by atoms with Crippen molar-refractivity contribution >= 4 is 22.2 Å². The third kappa shape index (κ3) is 3.32. The van der Waals surface area contributed by atoms with E-state index < -0.39 is 0 Å². The Morgan fingerprint density at radius 2 is 2.30 bits per heavy atom. The number of rotatable bonds is 5. The van der Waals surface area contributed by atoms with Gasteiger partial charge in [-0.3, -0.25) is 4.90 Å². The molecule has 0 spiro atoms. The van der Waals surface area contributed by atoms with Crippen LogP contribution in [0.2, 0.25) is 0 Å². The fourth-order valence-corrected chi connectivity index (χ4v) is 4.04. The van der Waals surface area contributed by atoms with Crippen molar-refractivity contribution in [3.05, 3.63) is 52.1 Å². The van der Waals surface area contributed by atoms with Crippen molar-refractivity contribution in [2.24, 2.45) is 0 Å². The summed E-state index contributed by atoms with van der Waals surface area (Å²) < 4.78 is 5.72. The van der Waals surface area contributed by atoms with Crippen LogP contribution in [0.3, 0.4) is 0 Å². The Morgan fingerprint density at radius 3 is 3.17 bits per heavy atom. The maximum atomic E-state index is 5.72. The van der Waals surface area contributed by atoms with Crippen LogP contribution in [0.25, 0.3) is 10.9 Å². The molecule has 0 aliphatic carbocycles. The first-order chi connectivity index (χ1) is 11.3. The number of hydrogen-bond donors (Lipinski definition) is 1. The maximum Gasteiger partial charge on any atom is 0.122 e. The minimum atomic E-state index is 0.231. The fourth-order valence-electron chi connectivity index (χ4n) is 3.15. The minimum absolute atomic E-state index is 0.231. The van der Waals surface area contributed by atoms with Crippen LogP contribution in [0.5, 0.6) is 0 Å². The van der Waals surface area contributed by atoms with E-state index in [9.17, 15) is 0 Å². The number of fused-ring (bicyclic) bond motifs is 1. The summed E-state index contributed by atoms with van der Waals surface area (Å²) in [5, 5.41) is 4.57. The van der Waals surface area contributed by atoms with Crippen LogP contribution in [0, 0.1) is 0 Å². The predicted molar refractivity (Wildman–Crippen MR) is 93.5 cm³/mol. The third-order valence-electron chi connectivity index (χ3n) is 4.28. The van der Waals surface area contributed by atoms with Gasteiger partial charge in [-0.1, -0.05) is 12.1 Å². The van der Waals surface area contributed by atoms with Crippen molar-refractivity contribution < 1.29 is 4.74 Å². The number of nitrogens with one attached hydrogen (secondary N) is 1. The van der Waals surface area contributed by atoms with Gasteiger partial charge in [0.05, 0.1) is 5.69 Å². The summed E-state index contributed by atoms with van der Waals surface area (Å²) in [5.41, 5.74) is 3.66. The molecular formula is C18H21N3OS. The molecule has 1 N–H and O–H groups in total. The Labute approximate surface area is 140 Å². The number of aromatic amines is 1. The van der Waals surface area contributed by atoms with Crippen LogP contribution in [-0.4, -0.2) is 28.5 Å². The van der Waals surface area contributed by atoms with Crippen molar-refractivity contribution in [2.75, 3.05) is 13.7 Å². The van der Waals surface area contributed by atoms with Gasteiger partial charge in [-0.05, 0) is 43.0 Å². The maximum absolute atomic E-state index is 5.72. The third-order valence-corrected chi connectivity index (χ3v) is 5.26. The van der Waals surface area contributed by atoms with Gasteiger partial charge in [-0.25, -0.2) is 4.98 Å². The second kappa shape index (κ2) is 6.43. The predicted octanol–water partition coefficient (Wildman–Crippen LogP) is 4.11. The number of aromatic nitrogens is 2. The summed E-state index contributed by atoms with van der Waals surface area (Å²) in [4.78, 5) is 10.3. The van der Waals surface area contributed by atoms with E-state index in [4.69, 9.17) is 9.72 Å². The highest BCUT2D eigenvalue weighted by atomic mass is 32.1. The molecule has 1 unspecified atom stereocenters. The molecule has 1 atom stereocenters. The van der Waals surface area contributed by atoms with Crippen molar-refractivity contribution in [2.45, 2.75) is 32.0 Å². The largest absolute Gasteiger partial charge is 0.371 e. The second-order valence-corrected chi connectivity index (χ2v) is 7.14. The van der Waals surface area contributed by atoms with E-state index in [2.05, 4.69) is 46.6 Å². The lowest BCUT2D eigenvalue weighted by Crippen LogP contribution is -2.17. The molecule has 5 heteroatoms. The van der Waals surface area contributed by atoms with Crippen LogP contribution in [0.15, 0.2) is 35.8 Å². The Bertz CT molecular complexity index is 788. The van der Waals surface area contributed by atoms with Crippen molar-refractivity contribution in [1.29, 1.82) is 0 Å². The second-order valence-electron chi connectivity index (χ2n) is 6.25. The van der Waals surface area contributed by atoms with Crippen molar-refractivity contribution in [3.8, 4) is 0 Å². The lowest BCUT2D eigenvalue weighted by molar-refractivity contribution is 0.111. The minimum Gasteiger partial charge on any atom is -0.371 e. The van der Waals surface area contributed by atoms with Gasteiger partial charge in [-0.2, -0.15) is 0 Å². The highest BCUT2D eigenvalue weighted by Gasteiger charge is 2.21. The number of nitrogens with zero attached hydrogens (tertiary/aromatic N) is 2. The van der Waals surface area contributed by atoms with Gasteiger partial charge in [-0.15, -0.1) is 11.3 Å². The monoisotopic (exact) mass is 327 g/mol. The van der Waals surface area contributed by atoms with Crippen molar-refractivity contribution in [3.63, 3.8) is 0 Å². The first-order valence-corrected chi connectivity index (χ1v) is 8.96. The van der Waals surface area contributed by atoms with Gasteiger partial charge in [0.15, 0.2) is 0 Å². The van der Waals surface area contributed by atoms with Crippen LogP contribution in [0.1, 0.15) is 35.2 Å². The highest BCUT2D eigenvalue weighted by molar-refractivity contribution is 7.09. The Morgan fingerprint density at radius 1 is 1.35 bits per heavy atom. The van der Waals surface area contributed by atoms with Gasteiger partial charge in [0.1, 0.15) is 11.1 Å². The zero-order valence-corrected chi connectivity index (χ0v) is 14.1. The van der Waals surface area contributed by atoms with Crippen LogP contribution < -0.4 is 0 Å². The lowest BCUT2D eigenvalue weighted by atomic mass is 10.1. The van der Waals surface area contributed by atoms with E-state index in [0.29, 0.717) is 0 Å². The van der Waals surface area contributed by atoms with Gasteiger partial charge >= 0.3 is 0 Å². The molecule has 1 aliphatic heterocycles. The quantitative estimate of drug-likeness (QED) is 0.767. The van der Waals surface area contributed by atoms with Gasteiger partial charge < -0.3 is 9.72 Å². The molecule has 23 heavy (non-hydrogen) atoms. The molecule has 1 aliphatic rings. The molecule has 1 saturated heterocycles. The molecule has 0 radical (unpaired) electrons. The molecule has 2 aromatic heterocycles. The molecule has 120 valence electrons. The van der Waals surface area contributed by atoms with Gasteiger partial charge in [0, 0.05) is 36.8 Å². The van der Waals surface area contributed by atoms with Crippen LogP contribution >= 0.6 is 11.3 Å². The summed E-state index contributed by atoms with van der Waals surface area (Å²) in [6.45, 7) is 2.66. The zero-order valence-electron chi connectivity index (χ0n) is 13.3. The van der Waals surface area contributed by atoms with E-state index in [1.54, 1.807) is 11.3 Å².